The Morgan fingerprint density at radius 2 is 2.36 bits per heavy atom. The van der Waals surface area contributed by atoms with Gasteiger partial charge in [-0.15, -0.1) is 4.79 Å². The van der Waals surface area contributed by atoms with Gasteiger partial charge in [0.05, 0.1) is 11.6 Å². The highest BCUT2D eigenvalue weighted by Crippen LogP contribution is 2.04. The molecule has 0 amide bonds. The van der Waals surface area contributed by atoms with E-state index in [0.717, 1.165) is 5.39 Å². The topological polar surface area (TPSA) is 81.6 Å². The number of hydrogen-bond acceptors (Lipinski definition) is 5. The van der Waals surface area contributed by atoms with Gasteiger partial charge in [-0.05, 0) is 0 Å². The number of rotatable bonds is 1. The maximum Gasteiger partial charge on any atom is 0.185 e. The zero-order valence-corrected chi connectivity index (χ0v) is 5.60. The molecule has 0 bridgehead atoms. The molecule has 0 saturated heterocycles. The lowest BCUT2D eigenvalue weighted by Crippen LogP contribution is -2.22. The van der Waals surface area contributed by atoms with Gasteiger partial charge in [-0.2, -0.15) is 5.10 Å². The number of fused-ring (bicyclic) bond motifs is 1. The van der Waals surface area contributed by atoms with Gasteiger partial charge in [0, 0.05) is 6.20 Å². The summed E-state index contributed by atoms with van der Waals surface area (Å²) >= 11 is 0. The van der Waals surface area contributed by atoms with E-state index >= 15 is 0 Å². The minimum absolute atomic E-state index is 0.669. The molecule has 0 atom stereocenters. The maximum atomic E-state index is 5.15. The Morgan fingerprint density at radius 3 is 3.18 bits per heavy atom. The van der Waals surface area contributed by atoms with E-state index in [1.807, 2.05) is 0 Å². The molecule has 6 heteroatoms. The number of aromatic nitrogens is 4. The number of nitrogens with two attached hydrogens (primary N) is 1. The molecule has 3 N–H and O–H groups in total. The van der Waals surface area contributed by atoms with Gasteiger partial charge in [-0.25, -0.2) is 21.3 Å². The first-order chi connectivity index (χ1) is 5.42. The average Bonchev–Trinajstić information content (AvgIpc) is 2.47. The molecule has 0 spiro atoms. The predicted octanol–water partition coefficient (Wildman–Crippen LogP) is -0.757. The largest absolute Gasteiger partial charge is 0.244 e. The van der Waals surface area contributed by atoms with Crippen molar-refractivity contribution >= 4 is 11.0 Å². The van der Waals surface area contributed by atoms with Crippen molar-refractivity contribution in [3.8, 4) is 0 Å². The van der Waals surface area contributed by atoms with Crippen LogP contribution in [0, 0.1) is 0 Å². The van der Waals surface area contributed by atoms with E-state index in [9.17, 15) is 0 Å². The van der Waals surface area contributed by atoms with Gasteiger partial charge in [0.2, 0.25) is 0 Å². The Balaban J connectivity index is 2.76. The van der Waals surface area contributed by atoms with Gasteiger partial charge in [0.25, 0.3) is 0 Å². The second-order valence-corrected chi connectivity index (χ2v) is 1.99. The number of hydrogen-bond donors (Lipinski definition) is 2. The summed E-state index contributed by atoms with van der Waals surface area (Å²) < 4.78 is 0. The molecule has 2 rings (SSSR count). The van der Waals surface area contributed by atoms with Crippen LogP contribution >= 0.6 is 0 Å². The van der Waals surface area contributed by atoms with E-state index in [1.54, 1.807) is 12.4 Å². The van der Waals surface area contributed by atoms with Gasteiger partial charge in [-0.1, -0.05) is 0 Å². The van der Waals surface area contributed by atoms with Crippen LogP contribution in [0.25, 0.3) is 11.0 Å². The summed E-state index contributed by atoms with van der Waals surface area (Å²) in [7, 11) is 0. The van der Waals surface area contributed by atoms with Crippen molar-refractivity contribution in [3.05, 3.63) is 18.7 Å². The Labute approximate surface area is 62.0 Å². The summed E-state index contributed by atoms with van der Waals surface area (Å²) in [5.41, 5.74) is 3.03. The Bertz CT molecular complexity index is 366. The first-order valence-electron chi connectivity index (χ1n) is 3.02. The quantitative estimate of drug-likeness (QED) is 0.412. The minimum atomic E-state index is 0.669. The molecule has 2 aromatic heterocycles. The first kappa shape index (κ1) is 6.05. The number of hydrazine groups is 1. The number of nitrogens with one attached hydrogen (secondary N) is 1. The zero-order chi connectivity index (χ0) is 7.68. The summed E-state index contributed by atoms with van der Waals surface area (Å²) in [5, 5.41) is 4.74. The van der Waals surface area contributed by atoms with Crippen LogP contribution in [0.4, 0.5) is 0 Å². The highest BCUT2D eigenvalue weighted by Gasteiger charge is 1.99. The molecule has 0 fully saturated rings. The van der Waals surface area contributed by atoms with E-state index in [0.29, 0.717) is 5.65 Å². The molecule has 0 aliphatic rings. The van der Waals surface area contributed by atoms with Crippen molar-refractivity contribution in [1.29, 1.82) is 0 Å². The maximum absolute atomic E-state index is 5.15. The molecule has 2 aromatic rings. The van der Waals surface area contributed by atoms with Crippen molar-refractivity contribution in [2.24, 2.45) is 5.84 Å². The number of nitrogen functional groups attached to an aromatic ring is 1. The molecule has 56 valence electrons. The van der Waals surface area contributed by atoms with Gasteiger partial charge in [-0.3, -0.25) is 0 Å². The second-order valence-electron chi connectivity index (χ2n) is 1.99. The molecule has 6 nitrogen and oxygen atoms in total. The molecular weight excluding hydrogens is 144 g/mol. The van der Waals surface area contributed by atoms with Gasteiger partial charge in [0.1, 0.15) is 6.33 Å². The lowest BCUT2D eigenvalue weighted by atomic mass is 10.5. The molecule has 2 heterocycles. The first-order valence-corrected chi connectivity index (χ1v) is 3.02. The van der Waals surface area contributed by atoms with Crippen LogP contribution in [0.3, 0.4) is 0 Å². The molecule has 0 unspecified atom stereocenters. The van der Waals surface area contributed by atoms with Crippen LogP contribution in [0.1, 0.15) is 0 Å². The lowest BCUT2D eigenvalue weighted by Gasteiger charge is -1.96. The summed E-state index contributed by atoms with van der Waals surface area (Å²) in [5.74, 6) is 5.15. The third kappa shape index (κ3) is 0.802. The predicted molar refractivity (Wildman–Crippen MR) is 38.9 cm³/mol. The third-order valence-electron chi connectivity index (χ3n) is 1.35. The normalized spacial score (nSPS) is 10.3. The smallest absolute Gasteiger partial charge is 0.185 e. The van der Waals surface area contributed by atoms with Crippen molar-refractivity contribution in [2.75, 3.05) is 5.53 Å². The Morgan fingerprint density at radius 1 is 1.45 bits per heavy atom. The van der Waals surface area contributed by atoms with Gasteiger partial charge < -0.3 is 0 Å². The van der Waals surface area contributed by atoms with Crippen LogP contribution in [0.2, 0.25) is 0 Å². The molecular formula is C5H6N6. The van der Waals surface area contributed by atoms with Crippen molar-refractivity contribution in [2.45, 2.75) is 0 Å². The van der Waals surface area contributed by atoms with E-state index in [2.05, 4.69) is 20.6 Å². The summed E-state index contributed by atoms with van der Waals surface area (Å²) in [6, 6.07) is 0. The average molecular weight is 150 g/mol. The highest BCUT2D eigenvalue weighted by atomic mass is 15.7. The van der Waals surface area contributed by atoms with Crippen LogP contribution in [0.15, 0.2) is 18.7 Å². The monoisotopic (exact) mass is 150 g/mol. The fourth-order valence-electron chi connectivity index (χ4n) is 0.871. The van der Waals surface area contributed by atoms with E-state index < -0.39 is 0 Å². The van der Waals surface area contributed by atoms with Crippen molar-refractivity contribution in [3.63, 3.8) is 0 Å². The zero-order valence-electron chi connectivity index (χ0n) is 5.60. The van der Waals surface area contributed by atoms with Crippen LogP contribution in [-0.4, -0.2) is 19.9 Å². The van der Waals surface area contributed by atoms with Gasteiger partial charge >= 0.3 is 0 Å². The second kappa shape index (κ2) is 2.17. The van der Waals surface area contributed by atoms with Crippen LogP contribution in [0.5, 0.6) is 0 Å². The SMILES string of the molecule is NNn1ncc2cncnc21. The standard InChI is InChI=1S/C5H6N6/c6-10-11-5-4(2-9-11)1-7-3-8-5/h1-3,10H,6H2. The molecule has 0 aliphatic carbocycles. The third-order valence-corrected chi connectivity index (χ3v) is 1.35. The molecule has 0 aromatic carbocycles. The fourth-order valence-corrected chi connectivity index (χ4v) is 0.871. The molecule has 0 radical (unpaired) electrons. The van der Waals surface area contributed by atoms with Crippen molar-refractivity contribution < 1.29 is 0 Å². The minimum Gasteiger partial charge on any atom is -0.244 e. The van der Waals surface area contributed by atoms with E-state index in [-0.39, 0.29) is 0 Å². The molecule has 0 saturated carbocycles. The van der Waals surface area contributed by atoms with Crippen LogP contribution < -0.4 is 11.4 Å². The summed E-state index contributed by atoms with van der Waals surface area (Å²) in [6.45, 7) is 0. The van der Waals surface area contributed by atoms with Crippen LogP contribution in [-0.2, 0) is 0 Å². The fraction of sp³-hybridized carbons (Fsp3) is 0. The van der Waals surface area contributed by atoms with Crippen molar-refractivity contribution in [1.82, 2.24) is 19.9 Å². The Hall–Kier alpha value is -1.69. The molecule has 0 aliphatic heterocycles. The van der Waals surface area contributed by atoms with E-state index in [1.165, 1.54) is 11.1 Å². The van der Waals surface area contributed by atoms with Gasteiger partial charge in [0.15, 0.2) is 5.65 Å². The number of nitrogens with zero attached hydrogens (tertiary/aromatic N) is 4. The summed E-state index contributed by atoms with van der Waals surface area (Å²) in [4.78, 5) is 9.16. The highest BCUT2D eigenvalue weighted by molar-refractivity contribution is 5.72. The molecule has 11 heavy (non-hydrogen) atoms. The lowest BCUT2D eigenvalue weighted by molar-refractivity contribution is 0.770. The Kier molecular flexibility index (Phi) is 1.19. The van der Waals surface area contributed by atoms with E-state index in [4.69, 9.17) is 5.84 Å². The summed E-state index contributed by atoms with van der Waals surface area (Å²) in [6.07, 6.45) is 4.75.